The highest BCUT2D eigenvalue weighted by Gasteiger charge is 2.03. The summed E-state index contributed by atoms with van der Waals surface area (Å²) in [5, 5.41) is 12.0. The smallest absolute Gasteiger partial charge is 0.117 e. The molecule has 2 nitrogen and oxygen atoms in total. The van der Waals surface area contributed by atoms with Crippen molar-refractivity contribution in [3.8, 4) is 6.07 Å². The first-order valence-corrected chi connectivity index (χ1v) is 4.54. The van der Waals surface area contributed by atoms with E-state index in [1.54, 1.807) is 0 Å². The first kappa shape index (κ1) is 11.0. The number of nitriles is 1. The molecular weight excluding hydrogens is 148 g/mol. The van der Waals surface area contributed by atoms with E-state index in [9.17, 15) is 0 Å². The number of hydrogen-bond donors (Lipinski definition) is 1. The molecule has 0 spiro atoms. The number of nitrogens with one attached hydrogen (secondary N) is 1. The molecule has 0 unspecified atom stereocenters. The van der Waals surface area contributed by atoms with E-state index in [2.05, 4.69) is 25.2 Å². The van der Waals surface area contributed by atoms with Crippen molar-refractivity contribution in [3.05, 3.63) is 11.3 Å². The van der Waals surface area contributed by atoms with E-state index in [4.69, 9.17) is 5.26 Å². The molecule has 0 saturated heterocycles. The molecule has 68 valence electrons. The largest absolute Gasteiger partial charge is 0.374 e. The molecule has 0 amide bonds. The van der Waals surface area contributed by atoms with Gasteiger partial charge in [0.15, 0.2) is 0 Å². The first-order chi connectivity index (χ1) is 5.65. The van der Waals surface area contributed by atoms with Crippen molar-refractivity contribution in [2.24, 2.45) is 0 Å². The summed E-state index contributed by atoms with van der Waals surface area (Å²) in [6, 6.07) is 2.54. The Labute approximate surface area is 75.3 Å². The topological polar surface area (TPSA) is 35.8 Å². The summed E-state index contributed by atoms with van der Waals surface area (Å²) in [5.74, 6) is 0. The fourth-order valence-corrected chi connectivity index (χ4v) is 1.11. The third kappa shape index (κ3) is 3.43. The van der Waals surface area contributed by atoms with Crippen LogP contribution in [-0.4, -0.2) is 6.04 Å². The zero-order chi connectivity index (χ0) is 9.56. The van der Waals surface area contributed by atoms with Crippen molar-refractivity contribution < 1.29 is 0 Å². The molecule has 0 aromatic rings. The zero-order valence-electron chi connectivity index (χ0n) is 8.44. The average Bonchev–Trinajstić information content (AvgIpc) is 2.04. The Morgan fingerprint density at radius 1 is 1.33 bits per heavy atom. The molecule has 0 aromatic heterocycles. The minimum Gasteiger partial charge on any atom is -0.374 e. The molecule has 0 saturated carbocycles. The molecule has 0 aliphatic heterocycles. The monoisotopic (exact) mass is 166 g/mol. The van der Waals surface area contributed by atoms with Gasteiger partial charge in [-0.2, -0.15) is 5.26 Å². The highest BCUT2D eigenvalue weighted by molar-refractivity contribution is 5.26. The van der Waals surface area contributed by atoms with Crippen LogP contribution in [0.4, 0.5) is 0 Å². The lowest BCUT2D eigenvalue weighted by molar-refractivity contribution is 0.671. The summed E-state index contributed by atoms with van der Waals surface area (Å²) in [6.45, 7) is 8.25. The molecule has 0 heterocycles. The highest BCUT2D eigenvalue weighted by atomic mass is 14.9. The Kier molecular flexibility index (Phi) is 5.19. The van der Waals surface area contributed by atoms with Gasteiger partial charge in [0, 0.05) is 6.04 Å². The molecule has 0 aromatic carbocycles. The van der Waals surface area contributed by atoms with Crippen LogP contribution in [0.1, 0.15) is 40.5 Å². The van der Waals surface area contributed by atoms with E-state index in [1.165, 1.54) is 5.57 Å². The number of allylic oxidation sites excluding steroid dienone is 2. The third-order valence-corrected chi connectivity index (χ3v) is 1.75. The van der Waals surface area contributed by atoms with Crippen molar-refractivity contribution in [2.45, 2.75) is 46.6 Å². The van der Waals surface area contributed by atoms with Crippen LogP contribution in [0.3, 0.4) is 0 Å². The Morgan fingerprint density at radius 3 is 2.08 bits per heavy atom. The van der Waals surface area contributed by atoms with Crippen molar-refractivity contribution in [1.29, 1.82) is 5.26 Å². The maximum Gasteiger partial charge on any atom is 0.117 e. The lowest BCUT2D eigenvalue weighted by Gasteiger charge is -2.11. The predicted octanol–water partition coefficient (Wildman–Crippen LogP) is 2.58. The van der Waals surface area contributed by atoms with Crippen LogP contribution in [0.25, 0.3) is 0 Å². The summed E-state index contributed by atoms with van der Waals surface area (Å²) < 4.78 is 0. The van der Waals surface area contributed by atoms with E-state index in [1.807, 2.05) is 13.8 Å². The lowest BCUT2D eigenvalue weighted by atomic mass is 10.1. The van der Waals surface area contributed by atoms with Gasteiger partial charge in [-0.05, 0) is 32.3 Å². The molecule has 12 heavy (non-hydrogen) atoms. The molecule has 0 radical (unpaired) electrons. The standard InChI is InChI=1S/C10H18N2/c1-5-9(6-2)10(7-11)12-8(3)4/h8,12H,5-6H2,1-4H3. The van der Waals surface area contributed by atoms with Crippen molar-refractivity contribution in [3.63, 3.8) is 0 Å². The Morgan fingerprint density at radius 2 is 1.83 bits per heavy atom. The Bertz CT molecular complexity index is 190. The molecule has 0 rings (SSSR count). The lowest BCUT2D eigenvalue weighted by Crippen LogP contribution is -2.22. The van der Waals surface area contributed by atoms with Crippen molar-refractivity contribution in [1.82, 2.24) is 5.32 Å². The Hall–Kier alpha value is -0.970. The molecule has 2 heteroatoms. The van der Waals surface area contributed by atoms with Crippen molar-refractivity contribution >= 4 is 0 Å². The van der Waals surface area contributed by atoms with Gasteiger partial charge in [0.05, 0.1) is 0 Å². The fourth-order valence-electron chi connectivity index (χ4n) is 1.11. The number of rotatable bonds is 4. The molecule has 0 aliphatic rings. The van der Waals surface area contributed by atoms with E-state index in [0.717, 1.165) is 18.5 Å². The van der Waals surface area contributed by atoms with E-state index < -0.39 is 0 Å². The van der Waals surface area contributed by atoms with E-state index in [0.29, 0.717) is 6.04 Å². The molecule has 0 atom stereocenters. The maximum atomic E-state index is 8.84. The number of nitrogens with zero attached hydrogens (tertiary/aromatic N) is 1. The van der Waals surface area contributed by atoms with Gasteiger partial charge in [0.25, 0.3) is 0 Å². The van der Waals surface area contributed by atoms with Gasteiger partial charge in [-0.25, -0.2) is 0 Å². The number of hydrogen-bond acceptors (Lipinski definition) is 2. The normalized spacial score (nSPS) is 9.33. The second-order valence-electron chi connectivity index (χ2n) is 3.10. The van der Waals surface area contributed by atoms with Gasteiger partial charge < -0.3 is 5.32 Å². The second-order valence-corrected chi connectivity index (χ2v) is 3.10. The van der Waals surface area contributed by atoms with Crippen LogP contribution in [0.15, 0.2) is 11.3 Å². The van der Waals surface area contributed by atoms with E-state index >= 15 is 0 Å². The predicted molar refractivity (Wildman–Crippen MR) is 51.5 cm³/mol. The van der Waals surface area contributed by atoms with Crippen molar-refractivity contribution in [2.75, 3.05) is 0 Å². The summed E-state index contributed by atoms with van der Waals surface area (Å²) >= 11 is 0. The summed E-state index contributed by atoms with van der Waals surface area (Å²) in [7, 11) is 0. The second kappa shape index (κ2) is 5.65. The summed E-state index contributed by atoms with van der Waals surface area (Å²) in [5.41, 5.74) is 1.97. The fraction of sp³-hybridized carbons (Fsp3) is 0.700. The Balaban J connectivity index is 4.49. The van der Waals surface area contributed by atoms with E-state index in [-0.39, 0.29) is 0 Å². The quantitative estimate of drug-likeness (QED) is 0.651. The molecule has 0 bridgehead atoms. The third-order valence-electron chi connectivity index (χ3n) is 1.75. The summed E-state index contributed by atoms with van der Waals surface area (Å²) in [6.07, 6.45) is 1.91. The zero-order valence-corrected chi connectivity index (χ0v) is 8.44. The van der Waals surface area contributed by atoms with Crippen LogP contribution in [0.5, 0.6) is 0 Å². The van der Waals surface area contributed by atoms with Gasteiger partial charge >= 0.3 is 0 Å². The molecule has 1 N–H and O–H groups in total. The van der Waals surface area contributed by atoms with Crippen LogP contribution in [-0.2, 0) is 0 Å². The van der Waals surface area contributed by atoms with Crippen LogP contribution < -0.4 is 5.32 Å². The van der Waals surface area contributed by atoms with Gasteiger partial charge in [0.2, 0.25) is 0 Å². The summed E-state index contributed by atoms with van der Waals surface area (Å²) in [4.78, 5) is 0. The van der Waals surface area contributed by atoms with Gasteiger partial charge in [-0.15, -0.1) is 0 Å². The van der Waals surface area contributed by atoms with Crippen LogP contribution in [0.2, 0.25) is 0 Å². The van der Waals surface area contributed by atoms with Gasteiger partial charge in [-0.3, -0.25) is 0 Å². The van der Waals surface area contributed by atoms with Gasteiger partial charge in [-0.1, -0.05) is 13.8 Å². The molecule has 0 aliphatic carbocycles. The first-order valence-electron chi connectivity index (χ1n) is 4.54. The minimum absolute atomic E-state index is 0.341. The SMILES string of the molecule is CCC(CC)=C(C#N)NC(C)C. The molecule has 0 fully saturated rings. The average molecular weight is 166 g/mol. The van der Waals surface area contributed by atoms with Crippen LogP contribution >= 0.6 is 0 Å². The van der Waals surface area contributed by atoms with Gasteiger partial charge in [0.1, 0.15) is 11.8 Å². The van der Waals surface area contributed by atoms with Crippen LogP contribution in [0, 0.1) is 11.3 Å². The minimum atomic E-state index is 0.341. The molecular formula is C10H18N2. The maximum absolute atomic E-state index is 8.84. The highest BCUT2D eigenvalue weighted by Crippen LogP contribution is 2.10.